The molecule has 0 heterocycles. The van der Waals surface area contributed by atoms with Gasteiger partial charge in [-0.25, -0.2) is 8.42 Å². The Hall–Kier alpha value is -0.370. The van der Waals surface area contributed by atoms with Gasteiger partial charge < -0.3 is 15.8 Å². The van der Waals surface area contributed by atoms with Gasteiger partial charge in [-0.15, -0.1) is 12.4 Å². The molecule has 1 rings (SSSR count). The molecule has 0 bridgehead atoms. The average Bonchev–Trinajstić information content (AvgIpc) is 2.31. The summed E-state index contributed by atoms with van der Waals surface area (Å²) in [6.45, 7) is 2.79. The molecule has 0 aromatic carbocycles. The third kappa shape index (κ3) is 7.99. The Balaban J connectivity index is 0.00000400. The monoisotopic (exact) mass is 342 g/mol. The van der Waals surface area contributed by atoms with E-state index >= 15 is 0 Å². The smallest absolute Gasteiger partial charge is 0.225 e. The highest BCUT2D eigenvalue weighted by molar-refractivity contribution is 7.90. The molecule has 2 unspecified atom stereocenters. The van der Waals surface area contributed by atoms with E-state index in [1.165, 1.54) is 6.26 Å². The van der Waals surface area contributed by atoms with Gasteiger partial charge in [0, 0.05) is 18.3 Å². The molecule has 1 amide bonds. The van der Waals surface area contributed by atoms with Crippen molar-refractivity contribution in [2.45, 2.75) is 38.1 Å². The van der Waals surface area contributed by atoms with Crippen molar-refractivity contribution in [3.63, 3.8) is 0 Å². The third-order valence-corrected chi connectivity index (χ3v) is 4.62. The number of hydrogen-bond acceptors (Lipinski definition) is 5. The first-order chi connectivity index (χ1) is 9.22. The van der Waals surface area contributed by atoms with Gasteiger partial charge in [0.1, 0.15) is 9.84 Å². The van der Waals surface area contributed by atoms with Gasteiger partial charge in [-0.1, -0.05) is 12.8 Å². The van der Waals surface area contributed by atoms with E-state index in [2.05, 4.69) is 5.32 Å². The summed E-state index contributed by atoms with van der Waals surface area (Å²) in [5, 5.41) is 2.81. The lowest BCUT2D eigenvalue weighted by Crippen LogP contribution is -2.53. The molecule has 0 aromatic heterocycles. The van der Waals surface area contributed by atoms with E-state index in [9.17, 15) is 13.2 Å². The number of sulfone groups is 1. The van der Waals surface area contributed by atoms with Crippen molar-refractivity contribution in [2.24, 2.45) is 11.7 Å². The first-order valence-electron chi connectivity index (χ1n) is 7.04. The zero-order valence-electron chi connectivity index (χ0n) is 12.8. The van der Waals surface area contributed by atoms with Crippen LogP contribution in [0.25, 0.3) is 0 Å². The molecule has 1 fully saturated rings. The Bertz CT molecular complexity index is 426. The highest BCUT2D eigenvalue weighted by Crippen LogP contribution is 2.31. The summed E-state index contributed by atoms with van der Waals surface area (Å²) >= 11 is 0. The van der Waals surface area contributed by atoms with E-state index in [0.29, 0.717) is 13.2 Å². The van der Waals surface area contributed by atoms with Crippen molar-refractivity contribution >= 4 is 28.2 Å². The molecule has 2 atom stereocenters. The van der Waals surface area contributed by atoms with Crippen molar-refractivity contribution in [3.05, 3.63) is 0 Å². The molecule has 8 heteroatoms. The fourth-order valence-electron chi connectivity index (χ4n) is 2.47. The zero-order chi connectivity index (χ0) is 15.2. The summed E-state index contributed by atoms with van der Waals surface area (Å²) < 4.78 is 26.9. The van der Waals surface area contributed by atoms with E-state index in [4.69, 9.17) is 10.5 Å². The van der Waals surface area contributed by atoms with Crippen LogP contribution in [-0.4, -0.2) is 51.6 Å². The Labute approximate surface area is 133 Å². The van der Waals surface area contributed by atoms with Crippen LogP contribution in [0.15, 0.2) is 0 Å². The first-order valence-corrected chi connectivity index (χ1v) is 9.10. The van der Waals surface area contributed by atoms with Crippen LogP contribution in [0.1, 0.15) is 32.6 Å². The number of carbonyl (C=O) groups excluding carboxylic acids is 1. The van der Waals surface area contributed by atoms with Gasteiger partial charge in [-0.05, 0) is 19.8 Å². The fourth-order valence-corrected chi connectivity index (χ4v) is 2.89. The maximum absolute atomic E-state index is 12.1. The van der Waals surface area contributed by atoms with Crippen molar-refractivity contribution in [1.82, 2.24) is 5.32 Å². The summed E-state index contributed by atoms with van der Waals surface area (Å²) in [4.78, 5) is 12.1. The summed E-state index contributed by atoms with van der Waals surface area (Å²) in [5.41, 5.74) is 5.73. The summed E-state index contributed by atoms with van der Waals surface area (Å²) in [6, 6.07) is 0. The SMILES string of the molecule is CC1(N)CCCCC1C(=O)NCCOCCS(C)(=O)=O.Cl. The molecule has 21 heavy (non-hydrogen) atoms. The molecule has 0 aliphatic heterocycles. The molecular weight excluding hydrogens is 316 g/mol. The quantitative estimate of drug-likeness (QED) is 0.656. The molecule has 1 aliphatic rings. The van der Waals surface area contributed by atoms with Crippen molar-refractivity contribution in [1.29, 1.82) is 0 Å². The van der Waals surface area contributed by atoms with Gasteiger partial charge >= 0.3 is 0 Å². The molecule has 0 aromatic rings. The van der Waals surface area contributed by atoms with Gasteiger partial charge in [0.2, 0.25) is 5.91 Å². The number of nitrogens with two attached hydrogens (primary N) is 1. The highest BCUT2D eigenvalue weighted by Gasteiger charge is 2.37. The van der Waals surface area contributed by atoms with Crippen LogP contribution < -0.4 is 11.1 Å². The fraction of sp³-hybridized carbons (Fsp3) is 0.923. The van der Waals surface area contributed by atoms with E-state index in [-0.39, 0.29) is 36.6 Å². The van der Waals surface area contributed by atoms with E-state index in [1.54, 1.807) is 0 Å². The third-order valence-electron chi connectivity index (χ3n) is 3.71. The van der Waals surface area contributed by atoms with Crippen LogP contribution in [-0.2, 0) is 19.4 Å². The number of halogens is 1. The number of amides is 1. The minimum Gasteiger partial charge on any atom is -0.379 e. The predicted molar refractivity (Wildman–Crippen MR) is 85.3 cm³/mol. The van der Waals surface area contributed by atoms with Crippen LogP contribution in [0.3, 0.4) is 0 Å². The minimum absolute atomic E-state index is 0. The summed E-state index contributed by atoms with van der Waals surface area (Å²) in [7, 11) is -2.99. The first kappa shape index (κ1) is 20.6. The van der Waals surface area contributed by atoms with Crippen molar-refractivity contribution in [2.75, 3.05) is 31.8 Å². The lowest BCUT2D eigenvalue weighted by atomic mass is 9.74. The average molecular weight is 343 g/mol. The molecule has 126 valence electrons. The summed E-state index contributed by atoms with van der Waals surface area (Å²) in [6.07, 6.45) is 4.98. The Morgan fingerprint density at radius 3 is 2.62 bits per heavy atom. The van der Waals surface area contributed by atoms with Crippen LogP contribution in [0.4, 0.5) is 0 Å². The van der Waals surface area contributed by atoms with Crippen molar-refractivity contribution < 1.29 is 17.9 Å². The molecule has 6 nitrogen and oxygen atoms in total. The van der Waals surface area contributed by atoms with Crippen molar-refractivity contribution in [3.8, 4) is 0 Å². The Kier molecular flexibility index (Phi) is 8.77. The highest BCUT2D eigenvalue weighted by atomic mass is 35.5. The normalized spacial score (nSPS) is 26.0. The second-order valence-corrected chi connectivity index (χ2v) is 8.10. The van der Waals surface area contributed by atoms with Gasteiger partial charge in [0.15, 0.2) is 0 Å². The maximum Gasteiger partial charge on any atom is 0.225 e. The molecular formula is C13H27ClN2O4S. The van der Waals surface area contributed by atoms with Crippen LogP contribution in [0, 0.1) is 5.92 Å². The van der Waals surface area contributed by atoms with Crippen LogP contribution in [0.2, 0.25) is 0 Å². The van der Waals surface area contributed by atoms with E-state index in [0.717, 1.165) is 25.7 Å². The van der Waals surface area contributed by atoms with Gasteiger partial charge in [0.05, 0.1) is 24.9 Å². The lowest BCUT2D eigenvalue weighted by molar-refractivity contribution is -0.128. The van der Waals surface area contributed by atoms with Crippen LogP contribution >= 0.6 is 12.4 Å². The number of rotatable bonds is 7. The van der Waals surface area contributed by atoms with E-state index in [1.807, 2.05) is 6.92 Å². The molecule has 0 radical (unpaired) electrons. The van der Waals surface area contributed by atoms with Gasteiger partial charge in [-0.2, -0.15) is 0 Å². The largest absolute Gasteiger partial charge is 0.379 e. The van der Waals surface area contributed by atoms with E-state index < -0.39 is 15.4 Å². The zero-order valence-corrected chi connectivity index (χ0v) is 14.4. The molecule has 1 saturated carbocycles. The van der Waals surface area contributed by atoms with Crippen LogP contribution in [0.5, 0.6) is 0 Å². The topological polar surface area (TPSA) is 98.5 Å². The number of nitrogens with one attached hydrogen (secondary N) is 1. The summed E-state index contributed by atoms with van der Waals surface area (Å²) in [5.74, 6) is -0.168. The van der Waals surface area contributed by atoms with Gasteiger partial charge in [-0.3, -0.25) is 4.79 Å². The molecule has 1 aliphatic carbocycles. The number of carbonyl (C=O) groups is 1. The molecule has 0 spiro atoms. The lowest BCUT2D eigenvalue weighted by Gasteiger charge is -2.37. The second-order valence-electron chi connectivity index (χ2n) is 5.84. The standard InChI is InChI=1S/C13H26N2O4S.ClH/c1-13(14)6-4-3-5-11(13)12(16)15-7-8-19-9-10-20(2,17)18;/h11H,3-10,14H2,1-2H3,(H,15,16);1H. The minimum atomic E-state index is -2.99. The number of hydrogen-bond donors (Lipinski definition) is 2. The Morgan fingerprint density at radius 1 is 1.38 bits per heavy atom. The van der Waals surface area contributed by atoms with Gasteiger partial charge in [0.25, 0.3) is 0 Å². The Morgan fingerprint density at radius 2 is 2.05 bits per heavy atom. The molecule has 3 N–H and O–H groups in total. The molecule has 0 saturated heterocycles. The second kappa shape index (κ2) is 8.92. The predicted octanol–water partition coefficient (Wildman–Crippen LogP) is 0.493. The maximum atomic E-state index is 12.1. The number of ether oxygens (including phenoxy) is 1.